The van der Waals surface area contributed by atoms with Crippen molar-refractivity contribution in [3.63, 3.8) is 0 Å². The number of hydrogen-bond acceptors (Lipinski definition) is 9. The Morgan fingerprint density at radius 1 is 0.980 bits per heavy atom. The van der Waals surface area contributed by atoms with E-state index in [1.807, 2.05) is 79.0 Å². The normalized spacial score (nSPS) is 15.9. The number of aliphatic hydroxyl groups excluding tert-OH is 1. The van der Waals surface area contributed by atoms with E-state index in [4.69, 9.17) is 9.72 Å². The van der Waals surface area contributed by atoms with Gasteiger partial charge in [0, 0.05) is 11.9 Å². The average Bonchev–Trinajstić information content (AvgIpc) is 3.80. The van der Waals surface area contributed by atoms with Crippen LogP contribution in [0.15, 0.2) is 95.0 Å². The molecule has 0 spiro atoms. The largest absolute Gasteiger partial charge is 0.505 e. The first kappa shape index (κ1) is 32.5. The van der Waals surface area contributed by atoms with Gasteiger partial charge < -0.3 is 14.2 Å². The predicted octanol–water partition coefficient (Wildman–Crippen LogP) is 8.44. The molecule has 248 valence electrons. The third kappa shape index (κ3) is 6.20. The number of hydrogen-bond donors (Lipinski definition) is 1. The monoisotopic (exact) mass is 689 g/mol. The summed E-state index contributed by atoms with van der Waals surface area (Å²) in [6, 6.07) is 24.6. The number of benzene rings is 3. The molecule has 0 radical (unpaired) electrons. The predicted molar refractivity (Wildman–Crippen MR) is 194 cm³/mol. The molecule has 0 aliphatic carbocycles. The minimum absolute atomic E-state index is 0.0579. The SMILES string of the molecule is CCCCCOc1cccc(C2C(=C(O)c3nc4c(C)cccn4c3C)C(=O)C(=O)N2c2nnc(SCc3cccc4ccccc34)s2)c1. The highest BCUT2D eigenvalue weighted by atomic mass is 32.2. The molecule has 0 bridgehead atoms. The number of thioether (sulfide) groups is 1. The van der Waals surface area contributed by atoms with Crippen molar-refractivity contribution in [2.75, 3.05) is 11.5 Å². The summed E-state index contributed by atoms with van der Waals surface area (Å²) < 4.78 is 8.57. The number of unbranched alkanes of at least 4 members (excludes halogenated alkanes) is 2. The number of rotatable bonds is 11. The van der Waals surface area contributed by atoms with E-state index in [9.17, 15) is 14.7 Å². The maximum absolute atomic E-state index is 13.9. The average molecular weight is 690 g/mol. The summed E-state index contributed by atoms with van der Waals surface area (Å²) in [5.41, 5.74) is 4.17. The van der Waals surface area contributed by atoms with Crippen LogP contribution in [0.4, 0.5) is 5.13 Å². The summed E-state index contributed by atoms with van der Waals surface area (Å²) in [6.07, 6.45) is 4.89. The fraction of sp³-hybridized carbons (Fsp3) is 0.237. The number of carbonyl (C=O) groups excluding carboxylic acids is 2. The van der Waals surface area contributed by atoms with Crippen molar-refractivity contribution < 1.29 is 19.4 Å². The number of Topliss-reactive ketones (excluding diaryl/α,β-unsaturated/α-hetero) is 1. The number of ketones is 1. The first-order valence-electron chi connectivity index (χ1n) is 16.3. The van der Waals surface area contributed by atoms with Gasteiger partial charge in [-0.3, -0.25) is 14.5 Å². The summed E-state index contributed by atoms with van der Waals surface area (Å²) in [5, 5.41) is 23.3. The molecule has 49 heavy (non-hydrogen) atoms. The molecule has 1 aliphatic heterocycles. The van der Waals surface area contributed by atoms with Gasteiger partial charge in [-0.25, -0.2) is 4.98 Å². The Bertz CT molecular complexity index is 2240. The molecule has 11 heteroatoms. The Kier molecular flexibility index (Phi) is 9.20. The summed E-state index contributed by atoms with van der Waals surface area (Å²) in [5.74, 6) is -0.675. The Labute approximate surface area is 292 Å². The zero-order valence-electron chi connectivity index (χ0n) is 27.4. The highest BCUT2D eigenvalue weighted by molar-refractivity contribution is 8.00. The van der Waals surface area contributed by atoms with Crippen molar-refractivity contribution in [3.05, 3.63) is 119 Å². The molecule has 1 atom stereocenters. The molecule has 9 nitrogen and oxygen atoms in total. The van der Waals surface area contributed by atoms with Crippen molar-refractivity contribution >= 4 is 62.1 Å². The first-order valence-corrected chi connectivity index (χ1v) is 18.1. The fourth-order valence-electron chi connectivity index (χ4n) is 6.25. The minimum Gasteiger partial charge on any atom is -0.505 e. The standard InChI is InChI=1S/C38H35N5O4S2/c1-4-5-8-20-47-28-17-10-15-26(21-28)32-30(33(44)31-24(3)42-19-11-12-23(2)35(42)39-31)34(45)36(46)43(32)37-40-41-38(49-37)48-22-27-16-9-14-25-13-6-7-18-29(25)27/h6-7,9-19,21,32,44H,4-5,8,20,22H2,1-3H3. The van der Waals surface area contributed by atoms with Gasteiger partial charge in [-0.1, -0.05) is 104 Å². The van der Waals surface area contributed by atoms with E-state index in [-0.39, 0.29) is 22.2 Å². The Balaban J connectivity index is 1.28. The van der Waals surface area contributed by atoms with Gasteiger partial charge in [-0.05, 0) is 65.9 Å². The van der Waals surface area contributed by atoms with Crippen LogP contribution in [-0.4, -0.2) is 43.0 Å². The van der Waals surface area contributed by atoms with E-state index in [1.165, 1.54) is 33.4 Å². The van der Waals surface area contributed by atoms with E-state index >= 15 is 0 Å². The van der Waals surface area contributed by atoms with Crippen molar-refractivity contribution in [1.29, 1.82) is 0 Å². The van der Waals surface area contributed by atoms with Gasteiger partial charge in [0.25, 0.3) is 5.78 Å². The zero-order valence-corrected chi connectivity index (χ0v) is 29.1. The molecule has 1 saturated heterocycles. The molecular weight excluding hydrogens is 655 g/mol. The lowest BCUT2D eigenvalue weighted by Crippen LogP contribution is -2.29. The van der Waals surface area contributed by atoms with Crippen LogP contribution in [0.5, 0.6) is 5.75 Å². The van der Waals surface area contributed by atoms with Crippen LogP contribution in [0.25, 0.3) is 22.2 Å². The van der Waals surface area contributed by atoms with Gasteiger partial charge in [0.15, 0.2) is 10.1 Å². The molecule has 3 aromatic heterocycles. The fourth-order valence-corrected chi connectivity index (χ4v) is 8.12. The van der Waals surface area contributed by atoms with E-state index in [0.717, 1.165) is 35.8 Å². The van der Waals surface area contributed by atoms with Crippen molar-refractivity contribution in [2.24, 2.45) is 0 Å². The molecule has 7 rings (SSSR count). The molecule has 1 fully saturated rings. The van der Waals surface area contributed by atoms with Gasteiger partial charge in [0.2, 0.25) is 5.13 Å². The summed E-state index contributed by atoms with van der Waals surface area (Å²) in [7, 11) is 0. The number of nitrogens with zero attached hydrogens (tertiary/aromatic N) is 5. The van der Waals surface area contributed by atoms with Gasteiger partial charge in [0.05, 0.1) is 23.9 Å². The van der Waals surface area contributed by atoms with Crippen LogP contribution in [0, 0.1) is 13.8 Å². The van der Waals surface area contributed by atoms with Crippen LogP contribution >= 0.6 is 23.1 Å². The van der Waals surface area contributed by atoms with Crippen LogP contribution < -0.4 is 9.64 Å². The van der Waals surface area contributed by atoms with Crippen LogP contribution in [-0.2, 0) is 15.3 Å². The smallest absolute Gasteiger partial charge is 0.301 e. The third-order valence-electron chi connectivity index (χ3n) is 8.78. The molecule has 4 heterocycles. The topological polar surface area (TPSA) is 110 Å². The molecule has 0 saturated carbocycles. The molecule has 6 aromatic rings. The van der Waals surface area contributed by atoms with Gasteiger partial charge in [-0.2, -0.15) is 0 Å². The van der Waals surface area contributed by atoms with Crippen LogP contribution in [0.1, 0.15) is 60.3 Å². The van der Waals surface area contributed by atoms with E-state index in [0.29, 0.717) is 39.4 Å². The maximum Gasteiger partial charge on any atom is 0.301 e. The number of anilines is 1. The maximum atomic E-state index is 13.9. The van der Waals surface area contributed by atoms with E-state index < -0.39 is 17.7 Å². The van der Waals surface area contributed by atoms with E-state index in [2.05, 4.69) is 41.4 Å². The highest BCUT2D eigenvalue weighted by Gasteiger charge is 2.49. The van der Waals surface area contributed by atoms with E-state index in [1.54, 1.807) is 0 Å². The molecule has 1 aliphatic rings. The van der Waals surface area contributed by atoms with Crippen molar-refractivity contribution in [3.8, 4) is 5.75 Å². The Morgan fingerprint density at radius 3 is 2.63 bits per heavy atom. The number of aryl methyl sites for hydroxylation is 2. The Hall–Kier alpha value is -5.00. The number of pyridine rings is 1. The second-order valence-electron chi connectivity index (χ2n) is 12.0. The van der Waals surface area contributed by atoms with Crippen LogP contribution in [0.2, 0.25) is 0 Å². The van der Waals surface area contributed by atoms with Gasteiger partial charge in [-0.15, -0.1) is 10.2 Å². The number of imidazole rings is 1. The Morgan fingerprint density at radius 2 is 1.80 bits per heavy atom. The number of amides is 1. The second-order valence-corrected chi connectivity index (χ2v) is 14.2. The highest BCUT2D eigenvalue weighted by Crippen LogP contribution is 2.45. The van der Waals surface area contributed by atoms with Gasteiger partial charge in [0.1, 0.15) is 17.1 Å². The molecule has 1 unspecified atom stereocenters. The third-order valence-corrected chi connectivity index (χ3v) is 10.9. The lowest BCUT2D eigenvalue weighted by molar-refractivity contribution is -0.132. The second kappa shape index (κ2) is 13.9. The van der Waals surface area contributed by atoms with Crippen LogP contribution in [0.3, 0.4) is 0 Å². The number of ether oxygens (including phenoxy) is 1. The quantitative estimate of drug-likeness (QED) is 0.0361. The minimum atomic E-state index is -0.978. The first-order chi connectivity index (χ1) is 23.9. The summed E-state index contributed by atoms with van der Waals surface area (Å²) in [4.78, 5) is 33.9. The van der Waals surface area contributed by atoms with Gasteiger partial charge >= 0.3 is 5.91 Å². The lowest BCUT2D eigenvalue weighted by Gasteiger charge is -2.23. The molecule has 1 amide bonds. The summed E-state index contributed by atoms with van der Waals surface area (Å²) in [6.45, 7) is 6.44. The molecular formula is C38H35N5O4S2. The molecule has 1 N–H and O–H groups in total. The van der Waals surface area contributed by atoms with Crippen molar-refractivity contribution in [1.82, 2.24) is 19.6 Å². The summed E-state index contributed by atoms with van der Waals surface area (Å²) >= 11 is 2.76. The number of aromatic nitrogens is 4. The zero-order chi connectivity index (χ0) is 34.1. The molecule has 3 aromatic carbocycles. The number of fused-ring (bicyclic) bond motifs is 2. The number of carbonyl (C=O) groups is 2. The van der Waals surface area contributed by atoms with Crippen molar-refractivity contribution in [2.45, 2.75) is 56.2 Å². The number of aliphatic hydroxyl groups is 1. The lowest BCUT2D eigenvalue weighted by atomic mass is 9.96.